The fraction of sp³-hybridized carbons (Fsp3) is 0.900. The van der Waals surface area contributed by atoms with E-state index >= 15 is 0 Å². The monoisotopic (exact) mass is 184 g/mol. The summed E-state index contributed by atoms with van der Waals surface area (Å²) >= 11 is 0. The van der Waals surface area contributed by atoms with E-state index in [1.165, 1.54) is 6.42 Å². The van der Waals surface area contributed by atoms with Gasteiger partial charge in [-0.2, -0.15) is 0 Å². The molecule has 1 aliphatic rings. The number of likely N-dealkylation sites (tertiary alicyclic amines) is 1. The zero-order chi connectivity index (χ0) is 9.68. The minimum atomic E-state index is 0.413. The second-order valence-electron chi connectivity index (χ2n) is 4.08. The molecule has 13 heavy (non-hydrogen) atoms. The lowest BCUT2D eigenvalue weighted by molar-refractivity contribution is -0.122. The molecule has 76 valence electrons. The molecule has 1 aliphatic heterocycles. The summed E-state index contributed by atoms with van der Waals surface area (Å²) in [6.45, 7) is 3.99. The highest BCUT2D eigenvalue weighted by Gasteiger charge is 2.15. The standard InChI is InChI=1S/C10H20N2O/c1-11(2)6-4-8-12-7-3-5-10(13)9-12/h3-9H2,1-2H3. The molecule has 3 nitrogen and oxygen atoms in total. The van der Waals surface area contributed by atoms with Crippen molar-refractivity contribution in [1.82, 2.24) is 9.80 Å². The molecule has 1 rings (SSSR count). The molecule has 0 aromatic rings. The molecule has 0 aromatic heterocycles. The molecule has 3 heteroatoms. The van der Waals surface area contributed by atoms with Gasteiger partial charge in [-0.15, -0.1) is 0 Å². The Bertz CT molecular complexity index is 168. The first-order valence-electron chi connectivity index (χ1n) is 5.07. The summed E-state index contributed by atoms with van der Waals surface area (Å²) in [6, 6.07) is 0. The van der Waals surface area contributed by atoms with Gasteiger partial charge in [-0.05, 0) is 46.6 Å². The molecule has 1 heterocycles. The van der Waals surface area contributed by atoms with Crippen LogP contribution in [0.5, 0.6) is 0 Å². The molecule has 1 fully saturated rings. The summed E-state index contributed by atoms with van der Waals surface area (Å²) in [5.41, 5.74) is 0. The first-order valence-corrected chi connectivity index (χ1v) is 5.07. The van der Waals surface area contributed by atoms with Crippen LogP contribution < -0.4 is 0 Å². The Hall–Kier alpha value is -0.410. The third-order valence-electron chi connectivity index (χ3n) is 2.41. The van der Waals surface area contributed by atoms with Crippen molar-refractivity contribution in [1.29, 1.82) is 0 Å². The second kappa shape index (κ2) is 5.35. The summed E-state index contributed by atoms with van der Waals surface area (Å²) in [5.74, 6) is 0.413. The van der Waals surface area contributed by atoms with Gasteiger partial charge in [0.15, 0.2) is 0 Å². The van der Waals surface area contributed by atoms with E-state index in [0.29, 0.717) is 12.3 Å². The van der Waals surface area contributed by atoms with Gasteiger partial charge in [0.25, 0.3) is 0 Å². The Morgan fingerprint density at radius 1 is 1.46 bits per heavy atom. The van der Waals surface area contributed by atoms with Crippen molar-refractivity contribution in [3.8, 4) is 0 Å². The van der Waals surface area contributed by atoms with E-state index in [-0.39, 0.29) is 0 Å². The molecule has 0 amide bonds. The Morgan fingerprint density at radius 3 is 2.85 bits per heavy atom. The Kier molecular flexibility index (Phi) is 4.39. The highest BCUT2D eigenvalue weighted by Crippen LogP contribution is 2.05. The number of Topliss-reactive ketones (excluding diaryl/α,β-unsaturated/α-hetero) is 1. The molecular formula is C10H20N2O. The second-order valence-corrected chi connectivity index (χ2v) is 4.08. The predicted molar refractivity (Wildman–Crippen MR) is 53.9 cm³/mol. The van der Waals surface area contributed by atoms with E-state index < -0.39 is 0 Å². The van der Waals surface area contributed by atoms with Gasteiger partial charge in [-0.3, -0.25) is 9.69 Å². The van der Waals surface area contributed by atoms with Gasteiger partial charge in [-0.25, -0.2) is 0 Å². The van der Waals surface area contributed by atoms with Crippen LogP contribution in [0, 0.1) is 0 Å². The molecule has 0 bridgehead atoms. The highest BCUT2D eigenvalue weighted by molar-refractivity contribution is 5.81. The molecule has 0 spiro atoms. The average molecular weight is 184 g/mol. The largest absolute Gasteiger partial charge is 0.309 e. The third kappa shape index (κ3) is 4.39. The number of carbonyl (C=O) groups excluding carboxylic acids is 1. The van der Waals surface area contributed by atoms with Gasteiger partial charge in [0.1, 0.15) is 5.78 Å². The summed E-state index contributed by atoms with van der Waals surface area (Å²) < 4.78 is 0. The van der Waals surface area contributed by atoms with Crippen molar-refractivity contribution in [2.24, 2.45) is 0 Å². The Labute approximate surface area is 80.7 Å². The van der Waals surface area contributed by atoms with Crippen LogP contribution in [0.25, 0.3) is 0 Å². The SMILES string of the molecule is CN(C)CCCN1CCCC(=O)C1. The van der Waals surface area contributed by atoms with Gasteiger partial charge in [0.05, 0.1) is 6.54 Å². The molecule has 0 aromatic carbocycles. The van der Waals surface area contributed by atoms with Crippen LogP contribution in [0.3, 0.4) is 0 Å². The zero-order valence-corrected chi connectivity index (χ0v) is 8.75. The molecule has 0 aliphatic carbocycles. The number of ketones is 1. The van der Waals surface area contributed by atoms with Crippen LogP contribution >= 0.6 is 0 Å². The minimum absolute atomic E-state index is 0.413. The lowest BCUT2D eigenvalue weighted by Gasteiger charge is -2.25. The fourth-order valence-electron chi connectivity index (χ4n) is 1.71. The molecular weight excluding hydrogens is 164 g/mol. The number of hydrogen-bond acceptors (Lipinski definition) is 3. The summed E-state index contributed by atoms with van der Waals surface area (Å²) in [4.78, 5) is 15.6. The maximum absolute atomic E-state index is 11.1. The topological polar surface area (TPSA) is 23.6 Å². The van der Waals surface area contributed by atoms with E-state index in [1.54, 1.807) is 0 Å². The zero-order valence-electron chi connectivity index (χ0n) is 8.75. The summed E-state index contributed by atoms with van der Waals surface area (Å²) in [5, 5.41) is 0. The summed E-state index contributed by atoms with van der Waals surface area (Å²) in [7, 11) is 4.17. The maximum atomic E-state index is 11.1. The van der Waals surface area contributed by atoms with Gasteiger partial charge < -0.3 is 4.90 Å². The normalized spacial score (nSPS) is 19.8. The van der Waals surface area contributed by atoms with E-state index in [9.17, 15) is 4.79 Å². The van der Waals surface area contributed by atoms with Crippen LogP contribution in [0.15, 0.2) is 0 Å². The average Bonchev–Trinajstić information content (AvgIpc) is 2.03. The molecule has 1 saturated heterocycles. The molecule has 0 N–H and O–H groups in total. The van der Waals surface area contributed by atoms with Crippen molar-refractivity contribution >= 4 is 5.78 Å². The first-order chi connectivity index (χ1) is 6.18. The minimum Gasteiger partial charge on any atom is -0.309 e. The van der Waals surface area contributed by atoms with Gasteiger partial charge in [0, 0.05) is 6.42 Å². The van der Waals surface area contributed by atoms with E-state index in [2.05, 4.69) is 23.9 Å². The smallest absolute Gasteiger partial charge is 0.146 e. The highest BCUT2D eigenvalue weighted by atomic mass is 16.1. The molecule has 0 saturated carbocycles. The quantitative estimate of drug-likeness (QED) is 0.639. The van der Waals surface area contributed by atoms with Crippen LogP contribution in [-0.2, 0) is 4.79 Å². The van der Waals surface area contributed by atoms with Crippen LogP contribution in [0.4, 0.5) is 0 Å². The first kappa shape index (κ1) is 10.7. The van der Waals surface area contributed by atoms with Gasteiger partial charge >= 0.3 is 0 Å². The molecule has 0 radical (unpaired) electrons. The molecule has 0 unspecified atom stereocenters. The maximum Gasteiger partial charge on any atom is 0.146 e. The van der Waals surface area contributed by atoms with Crippen LogP contribution in [0.1, 0.15) is 19.3 Å². The van der Waals surface area contributed by atoms with Crippen molar-refractivity contribution in [2.45, 2.75) is 19.3 Å². The fourth-order valence-corrected chi connectivity index (χ4v) is 1.71. The number of rotatable bonds is 4. The van der Waals surface area contributed by atoms with Crippen molar-refractivity contribution in [3.05, 3.63) is 0 Å². The number of nitrogens with zero attached hydrogens (tertiary/aromatic N) is 2. The van der Waals surface area contributed by atoms with Crippen LogP contribution in [-0.4, -0.2) is 55.9 Å². The Balaban J connectivity index is 2.10. The predicted octanol–water partition coefficient (Wildman–Crippen LogP) is 0.603. The van der Waals surface area contributed by atoms with Crippen LogP contribution in [0.2, 0.25) is 0 Å². The lowest BCUT2D eigenvalue weighted by atomic mass is 10.1. The number of hydrogen-bond donors (Lipinski definition) is 0. The van der Waals surface area contributed by atoms with Crippen molar-refractivity contribution in [2.75, 3.05) is 40.3 Å². The van der Waals surface area contributed by atoms with Gasteiger partial charge in [-0.1, -0.05) is 0 Å². The van der Waals surface area contributed by atoms with E-state index in [4.69, 9.17) is 0 Å². The van der Waals surface area contributed by atoms with E-state index in [1.807, 2.05) is 0 Å². The number of carbonyl (C=O) groups is 1. The summed E-state index contributed by atoms with van der Waals surface area (Å²) in [6.07, 6.45) is 3.02. The number of piperidine rings is 1. The Morgan fingerprint density at radius 2 is 2.23 bits per heavy atom. The molecule has 0 atom stereocenters. The van der Waals surface area contributed by atoms with Crippen molar-refractivity contribution < 1.29 is 4.79 Å². The van der Waals surface area contributed by atoms with E-state index in [0.717, 1.165) is 32.5 Å². The lowest BCUT2D eigenvalue weighted by Crippen LogP contribution is -2.37. The third-order valence-corrected chi connectivity index (χ3v) is 2.41. The van der Waals surface area contributed by atoms with Gasteiger partial charge in [0.2, 0.25) is 0 Å². The van der Waals surface area contributed by atoms with Crippen molar-refractivity contribution in [3.63, 3.8) is 0 Å².